The van der Waals surface area contributed by atoms with Gasteiger partial charge in [-0.3, -0.25) is 4.79 Å². The number of nitrogens with one attached hydrogen (secondary N) is 1. The van der Waals surface area contributed by atoms with Gasteiger partial charge in [0.25, 0.3) is 0 Å². The summed E-state index contributed by atoms with van der Waals surface area (Å²) in [5.74, 6) is 0.235. The second-order valence-electron chi connectivity index (χ2n) is 4.18. The van der Waals surface area contributed by atoms with Crippen molar-refractivity contribution in [2.24, 2.45) is 0 Å². The predicted molar refractivity (Wildman–Crippen MR) is 81.2 cm³/mol. The SMILES string of the molecule is O=C(Cn1nnc(-c2ccsc2)n1)Nc1ccccc1Cl. The Morgan fingerprint density at radius 2 is 2.19 bits per heavy atom. The molecule has 1 N–H and O–H groups in total. The van der Waals surface area contributed by atoms with Crippen molar-refractivity contribution in [1.29, 1.82) is 0 Å². The molecule has 8 heteroatoms. The number of rotatable bonds is 4. The predicted octanol–water partition coefficient (Wildman–Crippen LogP) is 2.69. The molecule has 0 saturated heterocycles. The summed E-state index contributed by atoms with van der Waals surface area (Å²) in [5, 5.41) is 19.0. The minimum absolute atomic E-state index is 0.0254. The molecule has 0 fully saturated rings. The van der Waals surface area contributed by atoms with Crippen molar-refractivity contribution >= 4 is 34.5 Å². The van der Waals surface area contributed by atoms with E-state index in [1.165, 1.54) is 4.80 Å². The Morgan fingerprint density at radius 3 is 2.95 bits per heavy atom. The van der Waals surface area contributed by atoms with Crippen LogP contribution in [0, 0.1) is 0 Å². The van der Waals surface area contributed by atoms with E-state index in [2.05, 4.69) is 20.7 Å². The smallest absolute Gasteiger partial charge is 0.248 e. The summed E-state index contributed by atoms with van der Waals surface area (Å²) in [6, 6.07) is 8.93. The number of halogens is 1. The molecule has 0 aliphatic carbocycles. The van der Waals surface area contributed by atoms with E-state index in [1.54, 1.807) is 35.6 Å². The van der Waals surface area contributed by atoms with E-state index >= 15 is 0 Å². The van der Waals surface area contributed by atoms with Gasteiger partial charge in [-0.25, -0.2) is 0 Å². The van der Waals surface area contributed by atoms with Crippen LogP contribution >= 0.6 is 22.9 Å². The summed E-state index contributed by atoms with van der Waals surface area (Å²) in [6.45, 7) is -0.0254. The van der Waals surface area contributed by atoms with Crippen molar-refractivity contribution in [3.8, 4) is 11.4 Å². The number of hydrogen-bond donors (Lipinski definition) is 1. The molecule has 0 aliphatic rings. The number of para-hydroxylation sites is 1. The number of amides is 1. The van der Waals surface area contributed by atoms with E-state index < -0.39 is 0 Å². The number of thiophene rings is 1. The van der Waals surface area contributed by atoms with Crippen LogP contribution in [0.5, 0.6) is 0 Å². The molecule has 0 unspecified atom stereocenters. The molecule has 0 saturated carbocycles. The summed E-state index contributed by atoms with van der Waals surface area (Å²) in [6.07, 6.45) is 0. The second kappa shape index (κ2) is 6.02. The van der Waals surface area contributed by atoms with Crippen molar-refractivity contribution in [2.75, 3.05) is 5.32 Å². The Hall–Kier alpha value is -2.25. The topological polar surface area (TPSA) is 72.7 Å². The lowest BCUT2D eigenvalue weighted by Crippen LogP contribution is -2.20. The molecule has 2 heterocycles. The highest BCUT2D eigenvalue weighted by atomic mass is 35.5. The number of benzene rings is 1. The molecule has 0 spiro atoms. The fraction of sp³-hybridized carbons (Fsp3) is 0.0769. The number of carbonyl (C=O) groups excluding carboxylic acids is 1. The molecule has 1 amide bonds. The number of hydrogen-bond acceptors (Lipinski definition) is 5. The van der Waals surface area contributed by atoms with Gasteiger partial charge in [-0.15, -0.1) is 10.2 Å². The van der Waals surface area contributed by atoms with Crippen LogP contribution in [0.4, 0.5) is 5.69 Å². The van der Waals surface area contributed by atoms with Gasteiger partial charge < -0.3 is 5.32 Å². The van der Waals surface area contributed by atoms with Gasteiger partial charge in [-0.2, -0.15) is 16.1 Å². The molecule has 106 valence electrons. The van der Waals surface area contributed by atoms with Crippen LogP contribution in [-0.4, -0.2) is 26.1 Å². The van der Waals surface area contributed by atoms with Gasteiger partial charge in [0.05, 0.1) is 10.7 Å². The van der Waals surface area contributed by atoms with Crippen molar-refractivity contribution in [2.45, 2.75) is 6.54 Å². The first-order chi connectivity index (χ1) is 10.2. The molecule has 6 nitrogen and oxygen atoms in total. The number of carbonyl (C=O) groups is 1. The highest BCUT2D eigenvalue weighted by molar-refractivity contribution is 7.08. The Balaban J connectivity index is 1.67. The largest absolute Gasteiger partial charge is 0.323 e. The normalized spacial score (nSPS) is 10.5. The molecule has 0 aliphatic heterocycles. The van der Waals surface area contributed by atoms with Crippen LogP contribution in [0.25, 0.3) is 11.4 Å². The van der Waals surface area contributed by atoms with Crippen LogP contribution in [0.1, 0.15) is 0 Å². The zero-order chi connectivity index (χ0) is 14.7. The molecular weight excluding hydrogens is 310 g/mol. The van der Waals surface area contributed by atoms with E-state index in [0.29, 0.717) is 16.5 Å². The Morgan fingerprint density at radius 1 is 1.33 bits per heavy atom. The molecule has 3 rings (SSSR count). The third-order valence-electron chi connectivity index (χ3n) is 2.67. The van der Waals surface area contributed by atoms with Gasteiger partial charge in [0, 0.05) is 10.9 Å². The average molecular weight is 320 g/mol. The van der Waals surface area contributed by atoms with Crippen LogP contribution in [0.2, 0.25) is 5.02 Å². The average Bonchev–Trinajstić information content (AvgIpc) is 3.12. The van der Waals surface area contributed by atoms with Gasteiger partial charge in [0.2, 0.25) is 11.7 Å². The lowest BCUT2D eigenvalue weighted by molar-refractivity contribution is -0.117. The van der Waals surface area contributed by atoms with Crippen LogP contribution in [0.3, 0.4) is 0 Å². The van der Waals surface area contributed by atoms with Gasteiger partial charge in [-0.1, -0.05) is 23.7 Å². The van der Waals surface area contributed by atoms with Gasteiger partial charge >= 0.3 is 0 Å². The first-order valence-electron chi connectivity index (χ1n) is 6.07. The zero-order valence-corrected chi connectivity index (χ0v) is 12.3. The van der Waals surface area contributed by atoms with Crippen LogP contribution in [-0.2, 0) is 11.3 Å². The van der Waals surface area contributed by atoms with Crippen LogP contribution < -0.4 is 5.32 Å². The van der Waals surface area contributed by atoms with Gasteiger partial charge in [0.15, 0.2) is 0 Å². The fourth-order valence-corrected chi connectivity index (χ4v) is 2.52. The minimum Gasteiger partial charge on any atom is -0.323 e. The van der Waals surface area contributed by atoms with Crippen molar-refractivity contribution in [3.05, 3.63) is 46.1 Å². The van der Waals surface area contributed by atoms with E-state index in [-0.39, 0.29) is 12.5 Å². The monoisotopic (exact) mass is 319 g/mol. The lowest BCUT2D eigenvalue weighted by Gasteiger charge is -2.05. The van der Waals surface area contributed by atoms with Crippen LogP contribution in [0.15, 0.2) is 41.1 Å². The summed E-state index contributed by atoms with van der Waals surface area (Å²) in [5.41, 5.74) is 1.44. The Kier molecular flexibility index (Phi) is 3.94. The molecule has 1 aromatic carbocycles. The van der Waals surface area contributed by atoms with Crippen molar-refractivity contribution in [3.63, 3.8) is 0 Å². The van der Waals surface area contributed by atoms with Gasteiger partial charge in [0.1, 0.15) is 6.54 Å². The maximum absolute atomic E-state index is 11.9. The zero-order valence-electron chi connectivity index (χ0n) is 10.7. The Labute approximate surface area is 129 Å². The standard InChI is InChI=1S/C13H10ClN5OS/c14-10-3-1-2-4-11(10)15-12(20)7-19-17-13(16-18-19)9-5-6-21-8-9/h1-6,8H,7H2,(H,15,20). The highest BCUT2D eigenvalue weighted by Gasteiger charge is 2.10. The van der Waals surface area contributed by atoms with Crippen molar-refractivity contribution in [1.82, 2.24) is 20.2 Å². The molecule has 2 aromatic heterocycles. The molecule has 21 heavy (non-hydrogen) atoms. The van der Waals surface area contributed by atoms with E-state index in [1.807, 2.05) is 16.8 Å². The lowest BCUT2D eigenvalue weighted by atomic mass is 10.3. The molecule has 3 aromatic rings. The second-order valence-corrected chi connectivity index (χ2v) is 5.37. The first kappa shape index (κ1) is 13.7. The third-order valence-corrected chi connectivity index (χ3v) is 3.68. The summed E-state index contributed by atoms with van der Waals surface area (Å²) in [7, 11) is 0. The quantitative estimate of drug-likeness (QED) is 0.802. The summed E-state index contributed by atoms with van der Waals surface area (Å²) < 4.78 is 0. The molecular formula is C13H10ClN5OS. The molecule has 0 atom stereocenters. The maximum Gasteiger partial charge on any atom is 0.248 e. The molecule has 0 radical (unpaired) electrons. The number of aromatic nitrogens is 4. The number of anilines is 1. The van der Waals surface area contributed by atoms with E-state index in [9.17, 15) is 4.79 Å². The minimum atomic E-state index is -0.266. The van der Waals surface area contributed by atoms with Crippen molar-refractivity contribution < 1.29 is 4.79 Å². The van der Waals surface area contributed by atoms with Gasteiger partial charge in [-0.05, 0) is 28.8 Å². The molecule has 0 bridgehead atoms. The summed E-state index contributed by atoms with van der Waals surface area (Å²) in [4.78, 5) is 13.2. The van der Waals surface area contributed by atoms with E-state index in [4.69, 9.17) is 11.6 Å². The number of nitrogens with zero attached hydrogens (tertiary/aromatic N) is 4. The highest BCUT2D eigenvalue weighted by Crippen LogP contribution is 2.20. The first-order valence-corrected chi connectivity index (χ1v) is 7.39. The Bertz CT molecular complexity index is 756. The maximum atomic E-state index is 11.9. The van der Waals surface area contributed by atoms with E-state index in [0.717, 1.165) is 5.56 Å². The third kappa shape index (κ3) is 3.26. The summed E-state index contributed by atoms with van der Waals surface area (Å²) >= 11 is 7.53. The number of tetrazole rings is 1. The fourth-order valence-electron chi connectivity index (χ4n) is 1.70.